The molecule has 0 N–H and O–H groups in total. The van der Waals surface area contributed by atoms with E-state index in [-0.39, 0.29) is 5.78 Å². The number of hydrogen-bond acceptors (Lipinski definition) is 2. The fourth-order valence-corrected chi connectivity index (χ4v) is 3.00. The Bertz CT molecular complexity index is 584. The number of carbonyl (C=O) groups excluding carboxylic acids is 1. The van der Waals surface area contributed by atoms with E-state index in [1.54, 1.807) is 6.07 Å². The predicted molar refractivity (Wildman–Crippen MR) is 73.4 cm³/mol. The lowest BCUT2D eigenvalue weighted by molar-refractivity contribution is 0.104. The van der Waals surface area contributed by atoms with Gasteiger partial charge in [0.2, 0.25) is 5.78 Å². The first kappa shape index (κ1) is 12.3. The van der Waals surface area contributed by atoms with Crippen LogP contribution in [0.1, 0.15) is 31.2 Å². The molecule has 0 spiro atoms. The Hall–Kier alpha value is -1.12. The molecule has 0 aliphatic rings. The Kier molecular flexibility index (Phi) is 3.36. The standard InChI is InChI=1S/C14H13ClOS/c1-8-5-4-6-11(12(8)15)13(16)14-9(2)7-10(3)17-14/h4-7H,1-3H3. The van der Waals surface area contributed by atoms with Gasteiger partial charge in [0.15, 0.2) is 0 Å². The molecule has 0 amide bonds. The molecule has 0 atom stereocenters. The summed E-state index contributed by atoms with van der Waals surface area (Å²) < 4.78 is 0. The van der Waals surface area contributed by atoms with Gasteiger partial charge in [-0.2, -0.15) is 0 Å². The van der Waals surface area contributed by atoms with Crippen LogP contribution in [0.2, 0.25) is 5.02 Å². The van der Waals surface area contributed by atoms with Gasteiger partial charge in [-0.25, -0.2) is 0 Å². The Morgan fingerprint density at radius 2 is 1.88 bits per heavy atom. The van der Waals surface area contributed by atoms with Gasteiger partial charge in [0.1, 0.15) is 0 Å². The summed E-state index contributed by atoms with van der Waals surface area (Å²) in [6.45, 7) is 5.87. The molecule has 1 heterocycles. The molecule has 0 saturated carbocycles. The second-order valence-corrected chi connectivity index (χ2v) is 5.77. The number of ketones is 1. The number of carbonyl (C=O) groups is 1. The molecule has 17 heavy (non-hydrogen) atoms. The molecule has 0 fully saturated rings. The van der Waals surface area contributed by atoms with Gasteiger partial charge in [-0.3, -0.25) is 4.79 Å². The van der Waals surface area contributed by atoms with E-state index in [9.17, 15) is 4.79 Å². The molecule has 1 aromatic carbocycles. The highest BCUT2D eigenvalue weighted by atomic mass is 35.5. The number of aryl methyl sites for hydroxylation is 3. The summed E-state index contributed by atoms with van der Waals surface area (Å²) in [7, 11) is 0. The molecule has 0 aliphatic heterocycles. The number of rotatable bonds is 2. The molecular weight excluding hydrogens is 252 g/mol. The Morgan fingerprint density at radius 3 is 2.47 bits per heavy atom. The Balaban J connectivity index is 2.51. The highest BCUT2D eigenvalue weighted by Gasteiger charge is 2.17. The molecule has 2 rings (SSSR count). The lowest BCUT2D eigenvalue weighted by atomic mass is 10.0. The van der Waals surface area contributed by atoms with Gasteiger partial charge >= 0.3 is 0 Å². The smallest absolute Gasteiger partial charge is 0.204 e. The van der Waals surface area contributed by atoms with Gasteiger partial charge in [-0.1, -0.05) is 23.7 Å². The van der Waals surface area contributed by atoms with Crippen molar-refractivity contribution in [3.8, 4) is 0 Å². The zero-order valence-corrected chi connectivity index (χ0v) is 11.6. The van der Waals surface area contributed by atoms with Crippen LogP contribution in [-0.2, 0) is 0 Å². The summed E-state index contributed by atoms with van der Waals surface area (Å²) in [5.74, 6) is 0.0225. The number of halogens is 1. The number of benzene rings is 1. The van der Waals surface area contributed by atoms with Crippen LogP contribution in [0, 0.1) is 20.8 Å². The molecule has 0 radical (unpaired) electrons. The van der Waals surface area contributed by atoms with E-state index in [1.807, 2.05) is 39.0 Å². The minimum absolute atomic E-state index is 0.0225. The van der Waals surface area contributed by atoms with Crippen LogP contribution >= 0.6 is 22.9 Å². The molecule has 0 unspecified atom stereocenters. The third kappa shape index (κ3) is 2.28. The monoisotopic (exact) mass is 264 g/mol. The van der Waals surface area contributed by atoms with E-state index in [4.69, 9.17) is 11.6 Å². The van der Waals surface area contributed by atoms with Crippen molar-refractivity contribution in [2.24, 2.45) is 0 Å². The highest BCUT2D eigenvalue weighted by Crippen LogP contribution is 2.28. The second-order valence-electron chi connectivity index (χ2n) is 4.13. The summed E-state index contributed by atoms with van der Waals surface area (Å²) in [6, 6.07) is 7.59. The molecule has 0 aliphatic carbocycles. The predicted octanol–water partition coefficient (Wildman–Crippen LogP) is 4.56. The number of thiophene rings is 1. The maximum absolute atomic E-state index is 12.4. The van der Waals surface area contributed by atoms with Gasteiger partial charge in [0.25, 0.3) is 0 Å². The average Bonchev–Trinajstić information content (AvgIpc) is 2.61. The van der Waals surface area contributed by atoms with Crippen molar-refractivity contribution in [2.45, 2.75) is 20.8 Å². The summed E-state index contributed by atoms with van der Waals surface area (Å²) in [5, 5.41) is 0.558. The average molecular weight is 265 g/mol. The summed E-state index contributed by atoms with van der Waals surface area (Å²) in [6.07, 6.45) is 0. The summed E-state index contributed by atoms with van der Waals surface area (Å²) in [4.78, 5) is 14.3. The first-order chi connectivity index (χ1) is 8.00. The van der Waals surface area contributed by atoms with Crippen molar-refractivity contribution in [3.63, 3.8) is 0 Å². The molecule has 0 saturated heterocycles. The van der Waals surface area contributed by atoms with Crippen molar-refractivity contribution in [2.75, 3.05) is 0 Å². The third-order valence-electron chi connectivity index (χ3n) is 2.68. The Morgan fingerprint density at radius 1 is 1.18 bits per heavy atom. The van der Waals surface area contributed by atoms with Crippen molar-refractivity contribution in [1.82, 2.24) is 0 Å². The van der Waals surface area contributed by atoms with Crippen molar-refractivity contribution in [3.05, 3.63) is 55.7 Å². The van der Waals surface area contributed by atoms with Crippen LogP contribution in [0.25, 0.3) is 0 Å². The topological polar surface area (TPSA) is 17.1 Å². The van der Waals surface area contributed by atoms with Crippen LogP contribution in [-0.4, -0.2) is 5.78 Å². The van der Waals surface area contributed by atoms with Gasteiger partial charge in [0, 0.05) is 10.4 Å². The molecule has 3 heteroatoms. The first-order valence-electron chi connectivity index (χ1n) is 5.37. The van der Waals surface area contributed by atoms with Crippen LogP contribution in [0.15, 0.2) is 24.3 Å². The van der Waals surface area contributed by atoms with Crippen LogP contribution in [0.4, 0.5) is 0 Å². The van der Waals surface area contributed by atoms with E-state index in [0.29, 0.717) is 10.6 Å². The molecule has 88 valence electrons. The normalized spacial score (nSPS) is 10.6. The van der Waals surface area contributed by atoms with Crippen molar-refractivity contribution in [1.29, 1.82) is 0 Å². The van der Waals surface area contributed by atoms with Gasteiger partial charge in [-0.15, -0.1) is 11.3 Å². The molecule has 1 nitrogen and oxygen atoms in total. The highest BCUT2D eigenvalue weighted by molar-refractivity contribution is 7.14. The maximum atomic E-state index is 12.4. The molecule has 0 bridgehead atoms. The van der Waals surface area contributed by atoms with Gasteiger partial charge < -0.3 is 0 Å². The van der Waals surface area contributed by atoms with E-state index in [1.165, 1.54) is 11.3 Å². The third-order valence-corrected chi connectivity index (χ3v) is 4.34. The second kappa shape index (κ2) is 4.63. The summed E-state index contributed by atoms with van der Waals surface area (Å²) in [5.41, 5.74) is 2.55. The largest absolute Gasteiger partial charge is 0.288 e. The SMILES string of the molecule is Cc1cc(C)c(C(=O)c2cccc(C)c2Cl)s1. The van der Waals surface area contributed by atoms with Gasteiger partial charge in [-0.05, 0) is 44.0 Å². The maximum Gasteiger partial charge on any atom is 0.204 e. The zero-order valence-electron chi connectivity index (χ0n) is 10.0. The first-order valence-corrected chi connectivity index (χ1v) is 6.57. The summed E-state index contributed by atoms with van der Waals surface area (Å²) >= 11 is 7.70. The van der Waals surface area contributed by atoms with Crippen molar-refractivity contribution >= 4 is 28.7 Å². The van der Waals surface area contributed by atoms with Crippen LogP contribution in [0.3, 0.4) is 0 Å². The molecule has 2 aromatic rings. The minimum Gasteiger partial charge on any atom is -0.288 e. The lowest BCUT2D eigenvalue weighted by Gasteiger charge is -2.05. The fourth-order valence-electron chi connectivity index (χ4n) is 1.81. The minimum atomic E-state index is 0.0225. The quantitative estimate of drug-likeness (QED) is 0.727. The molecular formula is C14H13ClOS. The van der Waals surface area contributed by atoms with Crippen LogP contribution in [0.5, 0.6) is 0 Å². The number of hydrogen-bond donors (Lipinski definition) is 0. The van der Waals surface area contributed by atoms with E-state index in [2.05, 4.69) is 0 Å². The van der Waals surface area contributed by atoms with Crippen molar-refractivity contribution < 1.29 is 4.79 Å². The van der Waals surface area contributed by atoms with Crippen LogP contribution < -0.4 is 0 Å². The van der Waals surface area contributed by atoms with Gasteiger partial charge in [0.05, 0.1) is 9.90 Å². The fraction of sp³-hybridized carbons (Fsp3) is 0.214. The zero-order chi connectivity index (χ0) is 12.6. The van der Waals surface area contributed by atoms with E-state index >= 15 is 0 Å². The lowest BCUT2D eigenvalue weighted by Crippen LogP contribution is -2.02. The molecule has 1 aromatic heterocycles. The Labute approximate surface area is 110 Å². The van der Waals surface area contributed by atoms with E-state index in [0.717, 1.165) is 20.9 Å². The van der Waals surface area contributed by atoms with E-state index < -0.39 is 0 Å².